The van der Waals surface area contributed by atoms with Gasteiger partial charge in [0, 0.05) is 11.1 Å². The van der Waals surface area contributed by atoms with Gasteiger partial charge >= 0.3 is 0 Å². The number of aromatic nitrogens is 1. The van der Waals surface area contributed by atoms with Crippen molar-refractivity contribution < 1.29 is 0 Å². The molecule has 134 valence electrons. The second-order valence-electron chi connectivity index (χ2n) is 5.54. The van der Waals surface area contributed by atoms with Crippen LogP contribution < -0.4 is 0 Å². The van der Waals surface area contributed by atoms with Gasteiger partial charge < -0.3 is 0 Å². The molecule has 0 N–H and O–H groups in total. The lowest BCUT2D eigenvalue weighted by Gasteiger charge is -2.01. The Hall–Kier alpha value is -3.51. The molecule has 1 aromatic heterocycles. The van der Waals surface area contributed by atoms with Crippen LogP contribution in [0.1, 0.15) is 22.3 Å². The minimum absolute atomic E-state index is 0.247. The Balaban J connectivity index is 1.84. The molecule has 7 heteroatoms. The lowest BCUT2D eigenvalue weighted by atomic mass is 10.2. The van der Waals surface area contributed by atoms with Crippen molar-refractivity contribution >= 4 is 45.2 Å². The van der Waals surface area contributed by atoms with Crippen LogP contribution in [-0.4, -0.2) is 15.3 Å². The SMILES string of the molecule is N#Cc1ccc(C(Cl)=Nc2cccc(/N=C(\Cl)c3ccc(C#N)cc3)n2)cc1. The number of rotatable bonds is 4. The lowest BCUT2D eigenvalue weighted by Crippen LogP contribution is -1.92. The van der Waals surface area contributed by atoms with Crippen molar-refractivity contribution in [2.75, 3.05) is 0 Å². The molecule has 3 aromatic rings. The monoisotopic (exact) mass is 403 g/mol. The van der Waals surface area contributed by atoms with Crippen molar-refractivity contribution in [2.45, 2.75) is 0 Å². The molecule has 3 rings (SSSR count). The summed E-state index contributed by atoms with van der Waals surface area (Å²) in [5.74, 6) is 0.750. The highest BCUT2D eigenvalue weighted by molar-refractivity contribution is 6.70. The van der Waals surface area contributed by atoms with Gasteiger partial charge in [-0.1, -0.05) is 53.5 Å². The zero-order valence-electron chi connectivity index (χ0n) is 14.3. The largest absolute Gasteiger partial charge is 0.216 e. The van der Waals surface area contributed by atoms with Crippen molar-refractivity contribution in [2.24, 2.45) is 9.98 Å². The molecule has 5 nitrogen and oxygen atoms in total. The maximum Gasteiger partial charge on any atom is 0.156 e. The van der Waals surface area contributed by atoms with Gasteiger partial charge in [0.2, 0.25) is 0 Å². The van der Waals surface area contributed by atoms with Crippen LogP contribution in [0.4, 0.5) is 11.6 Å². The number of hydrogen-bond acceptors (Lipinski definition) is 5. The number of nitrogens with zero attached hydrogens (tertiary/aromatic N) is 5. The number of pyridine rings is 1. The van der Waals surface area contributed by atoms with E-state index < -0.39 is 0 Å². The third-order valence-electron chi connectivity index (χ3n) is 3.65. The first-order chi connectivity index (χ1) is 13.6. The molecule has 0 fully saturated rings. The molecule has 0 aliphatic heterocycles. The summed E-state index contributed by atoms with van der Waals surface area (Å²) in [5, 5.41) is 18.2. The summed E-state index contributed by atoms with van der Waals surface area (Å²) >= 11 is 12.5. The Morgan fingerprint density at radius 2 is 1.07 bits per heavy atom. The Kier molecular flexibility index (Phi) is 6.14. The van der Waals surface area contributed by atoms with Crippen molar-refractivity contribution in [3.8, 4) is 12.1 Å². The first kappa shape index (κ1) is 19.3. The van der Waals surface area contributed by atoms with Crippen LogP contribution in [0.25, 0.3) is 0 Å². The Bertz CT molecular complexity index is 1050. The predicted molar refractivity (Wildman–Crippen MR) is 111 cm³/mol. The smallest absolute Gasteiger partial charge is 0.156 e. The van der Waals surface area contributed by atoms with E-state index in [4.69, 9.17) is 33.7 Å². The average Bonchev–Trinajstić information content (AvgIpc) is 2.74. The molecule has 0 aliphatic carbocycles. The van der Waals surface area contributed by atoms with Crippen molar-refractivity contribution in [3.05, 3.63) is 89.0 Å². The van der Waals surface area contributed by atoms with Crippen molar-refractivity contribution in [1.29, 1.82) is 10.5 Å². The van der Waals surface area contributed by atoms with Crippen LogP contribution in [0.2, 0.25) is 0 Å². The minimum atomic E-state index is 0.247. The van der Waals surface area contributed by atoms with Crippen molar-refractivity contribution in [3.63, 3.8) is 0 Å². The van der Waals surface area contributed by atoms with E-state index in [1.807, 2.05) is 12.1 Å². The Labute approximate surface area is 171 Å². The van der Waals surface area contributed by atoms with Crippen LogP contribution in [0.3, 0.4) is 0 Å². The van der Waals surface area contributed by atoms with E-state index in [1.165, 1.54) is 0 Å². The summed E-state index contributed by atoms with van der Waals surface area (Å²) in [6.45, 7) is 0. The van der Waals surface area contributed by atoms with Gasteiger partial charge in [0.25, 0.3) is 0 Å². The molecule has 0 spiro atoms. The number of aliphatic imine (C=N–C) groups is 2. The molecular formula is C21H11Cl2N5. The summed E-state index contributed by atoms with van der Waals surface area (Å²) in [5.41, 5.74) is 2.43. The third kappa shape index (κ3) is 4.81. The molecule has 0 atom stereocenters. The molecule has 0 amide bonds. The lowest BCUT2D eigenvalue weighted by molar-refractivity contribution is 1.24. The fourth-order valence-electron chi connectivity index (χ4n) is 2.23. The van der Waals surface area contributed by atoms with Gasteiger partial charge in [0.15, 0.2) is 11.6 Å². The quantitative estimate of drug-likeness (QED) is 0.541. The van der Waals surface area contributed by atoms with Gasteiger partial charge in [-0.15, -0.1) is 0 Å². The van der Waals surface area contributed by atoms with E-state index in [0.717, 1.165) is 0 Å². The number of hydrogen-bond donors (Lipinski definition) is 0. The van der Waals surface area contributed by atoms with Crippen LogP contribution in [-0.2, 0) is 0 Å². The summed E-state index contributed by atoms with van der Waals surface area (Å²) in [6, 6.07) is 22.8. The first-order valence-corrected chi connectivity index (χ1v) is 8.81. The van der Waals surface area contributed by atoms with Crippen LogP contribution in [0.5, 0.6) is 0 Å². The highest BCUT2D eigenvalue weighted by atomic mass is 35.5. The summed E-state index contributed by atoms with van der Waals surface area (Å²) in [4.78, 5) is 12.9. The molecular weight excluding hydrogens is 393 g/mol. The second kappa shape index (κ2) is 8.92. The highest BCUT2D eigenvalue weighted by Gasteiger charge is 2.04. The summed E-state index contributed by atoms with van der Waals surface area (Å²) < 4.78 is 0. The third-order valence-corrected chi connectivity index (χ3v) is 4.25. The molecule has 0 radical (unpaired) electrons. The van der Waals surface area contributed by atoms with Gasteiger partial charge in [0.1, 0.15) is 10.3 Å². The molecule has 2 aromatic carbocycles. The standard InChI is InChI=1S/C21H11Cl2N5/c22-20(16-8-4-14(12-24)5-9-16)27-18-2-1-3-19(26-18)28-21(23)17-10-6-15(13-25)7-11-17/h1-11H/b27-20-,28-21?. The number of nitriles is 2. The normalized spacial score (nSPS) is 11.6. The molecule has 1 heterocycles. The highest BCUT2D eigenvalue weighted by Crippen LogP contribution is 2.20. The number of halogens is 2. The molecule has 28 heavy (non-hydrogen) atoms. The van der Waals surface area contributed by atoms with E-state index in [0.29, 0.717) is 33.9 Å². The average molecular weight is 404 g/mol. The van der Waals surface area contributed by atoms with E-state index >= 15 is 0 Å². The van der Waals surface area contributed by atoms with Gasteiger partial charge in [-0.25, -0.2) is 15.0 Å². The van der Waals surface area contributed by atoms with Crippen molar-refractivity contribution in [1.82, 2.24) is 4.98 Å². The van der Waals surface area contributed by atoms with E-state index in [1.54, 1.807) is 66.7 Å². The topological polar surface area (TPSA) is 85.2 Å². The van der Waals surface area contributed by atoms with Gasteiger partial charge in [-0.3, -0.25) is 0 Å². The minimum Gasteiger partial charge on any atom is -0.216 e. The van der Waals surface area contributed by atoms with E-state index in [-0.39, 0.29) is 10.3 Å². The van der Waals surface area contributed by atoms with Gasteiger partial charge in [-0.2, -0.15) is 10.5 Å². The zero-order valence-corrected chi connectivity index (χ0v) is 15.9. The molecule has 0 unspecified atom stereocenters. The fraction of sp³-hybridized carbons (Fsp3) is 0. The molecule has 0 saturated carbocycles. The predicted octanol–water partition coefficient (Wildman–Crippen LogP) is 5.46. The van der Waals surface area contributed by atoms with Crippen LogP contribution >= 0.6 is 23.2 Å². The molecule has 0 aliphatic rings. The summed E-state index contributed by atoms with van der Waals surface area (Å²) in [7, 11) is 0. The fourth-order valence-corrected chi connectivity index (χ4v) is 2.66. The Morgan fingerprint density at radius 1 is 0.679 bits per heavy atom. The second-order valence-corrected chi connectivity index (χ2v) is 6.25. The van der Waals surface area contributed by atoms with E-state index in [2.05, 4.69) is 15.0 Å². The van der Waals surface area contributed by atoms with Crippen LogP contribution in [0.15, 0.2) is 76.7 Å². The first-order valence-electron chi connectivity index (χ1n) is 8.05. The van der Waals surface area contributed by atoms with Gasteiger partial charge in [-0.05, 0) is 36.4 Å². The number of benzene rings is 2. The Morgan fingerprint density at radius 3 is 1.43 bits per heavy atom. The van der Waals surface area contributed by atoms with E-state index in [9.17, 15) is 0 Å². The van der Waals surface area contributed by atoms with Crippen LogP contribution in [0, 0.1) is 22.7 Å². The maximum absolute atomic E-state index is 8.85. The molecule has 0 bridgehead atoms. The maximum atomic E-state index is 8.85. The summed E-state index contributed by atoms with van der Waals surface area (Å²) in [6.07, 6.45) is 0. The van der Waals surface area contributed by atoms with Gasteiger partial charge in [0.05, 0.1) is 23.3 Å². The zero-order chi connectivity index (χ0) is 19.9. The molecule has 0 saturated heterocycles.